The van der Waals surface area contributed by atoms with Gasteiger partial charge < -0.3 is 0 Å². The van der Waals surface area contributed by atoms with Crippen LogP contribution in [0.25, 0.3) is 0 Å². The molecule has 1 aliphatic rings. The average Bonchev–Trinajstić information content (AvgIpc) is 2.22. The van der Waals surface area contributed by atoms with E-state index in [9.17, 15) is 0 Å². The van der Waals surface area contributed by atoms with Crippen molar-refractivity contribution in [3.63, 3.8) is 0 Å². The van der Waals surface area contributed by atoms with Gasteiger partial charge in [0, 0.05) is 0 Å². The van der Waals surface area contributed by atoms with Crippen molar-refractivity contribution < 1.29 is 0 Å². The molecule has 0 atom stereocenters. The third-order valence-corrected chi connectivity index (χ3v) is 2.21. The Kier molecular flexibility index (Phi) is 6.74. The van der Waals surface area contributed by atoms with Crippen molar-refractivity contribution in [3.8, 4) is 0 Å². The summed E-state index contributed by atoms with van der Waals surface area (Å²) in [4.78, 5) is 0. The van der Waals surface area contributed by atoms with Crippen LogP contribution in [0.15, 0.2) is 48.6 Å². The van der Waals surface area contributed by atoms with Gasteiger partial charge in [-0.3, -0.25) is 0 Å². The summed E-state index contributed by atoms with van der Waals surface area (Å²) in [5, 5.41) is 0. The molecule has 0 N–H and O–H groups in total. The van der Waals surface area contributed by atoms with E-state index in [0.29, 0.717) is 0 Å². The third-order valence-electron chi connectivity index (χ3n) is 2.21. The maximum absolute atomic E-state index is 2.29. The van der Waals surface area contributed by atoms with Gasteiger partial charge in [0.15, 0.2) is 0 Å². The van der Waals surface area contributed by atoms with E-state index in [0.717, 1.165) is 12.8 Å². The molecule has 0 spiro atoms. The molecular weight excluding hydrogens is 168 g/mol. The number of hydrogen-bond acceptors (Lipinski definition) is 0. The molecule has 0 radical (unpaired) electrons. The molecule has 0 aromatic rings. The van der Waals surface area contributed by atoms with Gasteiger partial charge in [0.05, 0.1) is 0 Å². The predicted octanol–water partition coefficient (Wildman–Crippen LogP) is 4.57. The molecule has 14 heavy (non-hydrogen) atoms. The van der Waals surface area contributed by atoms with E-state index in [1.807, 2.05) is 0 Å². The number of hydrogen-bond donors (Lipinski definition) is 0. The van der Waals surface area contributed by atoms with E-state index in [-0.39, 0.29) is 0 Å². The average molecular weight is 188 g/mol. The molecule has 0 saturated carbocycles. The van der Waals surface area contributed by atoms with Crippen molar-refractivity contribution in [1.29, 1.82) is 0 Å². The van der Waals surface area contributed by atoms with Crippen LogP contribution in [0.3, 0.4) is 0 Å². The van der Waals surface area contributed by atoms with Crippen LogP contribution in [0, 0.1) is 0 Å². The molecule has 0 heteroatoms. The summed E-state index contributed by atoms with van der Waals surface area (Å²) < 4.78 is 0. The first-order chi connectivity index (χ1) is 7.00. The topological polar surface area (TPSA) is 0 Å². The zero-order valence-corrected chi connectivity index (χ0v) is 8.86. The Morgan fingerprint density at radius 2 is 0.643 bits per heavy atom. The molecule has 0 amide bonds. The second-order valence-corrected chi connectivity index (χ2v) is 3.51. The lowest BCUT2D eigenvalue weighted by atomic mass is 10.2. The van der Waals surface area contributed by atoms with Crippen LogP contribution in [0.4, 0.5) is 0 Å². The fraction of sp³-hybridized carbons (Fsp3) is 0.429. The highest BCUT2D eigenvalue weighted by Gasteiger charge is 1.80. The van der Waals surface area contributed by atoms with Crippen LogP contribution in [0.5, 0.6) is 0 Å². The molecule has 0 heterocycles. The van der Waals surface area contributed by atoms with Gasteiger partial charge in [-0.2, -0.15) is 0 Å². The minimum Gasteiger partial charge on any atom is -0.0882 e. The highest BCUT2D eigenvalue weighted by Crippen LogP contribution is 2.01. The minimum atomic E-state index is 1.08. The van der Waals surface area contributed by atoms with E-state index in [1.165, 1.54) is 25.7 Å². The molecule has 1 rings (SSSR count). The Hall–Kier alpha value is -1.04. The zero-order chi connectivity index (χ0) is 9.90. The van der Waals surface area contributed by atoms with Crippen LogP contribution in [0.1, 0.15) is 38.5 Å². The van der Waals surface area contributed by atoms with Gasteiger partial charge in [0.2, 0.25) is 0 Å². The van der Waals surface area contributed by atoms with Gasteiger partial charge in [0.25, 0.3) is 0 Å². The Balaban J connectivity index is 2.34. The number of allylic oxidation sites excluding steroid dienone is 8. The predicted molar refractivity (Wildman–Crippen MR) is 64.3 cm³/mol. The van der Waals surface area contributed by atoms with Crippen LogP contribution >= 0.6 is 0 Å². The quantitative estimate of drug-likeness (QED) is 0.489. The van der Waals surface area contributed by atoms with Crippen molar-refractivity contribution in [2.75, 3.05) is 0 Å². The normalized spacial score (nSPS) is 26.3. The second kappa shape index (κ2) is 8.55. The molecule has 0 saturated heterocycles. The van der Waals surface area contributed by atoms with Gasteiger partial charge in [-0.25, -0.2) is 0 Å². The first kappa shape index (κ1) is 11.0. The minimum absolute atomic E-state index is 1.08. The summed E-state index contributed by atoms with van der Waals surface area (Å²) >= 11 is 0. The van der Waals surface area contributed by atoms with Gasteiger partial charge in [-0.1, -0.05) is 48.6 Å². The van der Waals surface area contributed by atoms with E-state index < -0.39 is 0 Å². The van der Waals surface area contributed by atoms with Crippen LogP contribution in [-0.4, -0.2) is 0 Å². The fourth-order valence-corrected chi connectivity index (χ4v) is 1.40. The highest BCUT2D eigenvalue weighted by atomic mass is 13.9. The van der Waals surface area contributed by atoms with E-state index >= 15 is 0 Å². The lowest BCUT2D eigenvalue weighted by Crippen LogP contribution is -1.70. The Morgan fingerprint density at radius 1 is 0.357 bits per heavy atom. The lowest BCUT2D eigenvalue weighted by molar-refractivity contribution is 0.997. The fourth-order valence-electron chi connectivity index (χ4n) is 1.40. The first-order valence-electron chi connectivity index (χ1n) is 5.60. The standard InChI is InChI=1S/C14H20/c1-2-4-6-8-10-12-14-13-11-9-7-5-3-1/h1-2,5-8,13-14H,3-4,9-12H2/b2-1+,7-5-,8-6+,14-13?. The molecule has 0 aromatic heterocycles. The monoisotopic (exact) mass is 188 g/mol. The molecule has 0 aliphatic heterocycles. The maximum Gasteiger partial charge on any atom is -0.0169 e. The van der Waals surface area contributed by atoms with E-state index in [2.05, 4.69) is 48.6 Å². The SMILES string of the molecule is C1=CCC/C=C/C/C=C/C/C=C\CC1. The summed E-state index contributed by atoms with van der Waals surface area (Å²) in [6.45, 7) is 0. The van der Waals surface area contributed by atoms with Gasteiger partial charge >= 0.3 is 0 Å². The second-order valence-electron chi connectivity index (χ2n) is 3.51. The van der Waals surface area contributed by atoms with Gasteiger partial charge in [-0.15, -0.1) is 0 Å². The van der Waals surface area contributed by atoms with Crippen molar-refractivity contribution >= 4 is 0 Å². The molecule has 1 aliphatic carbocycles. The molecule has 76 valence electrons. The summed E-state index contributed by atoms with van der Waals surface area (Å²) in [5.74, 6) is 0. The van der Waals surface area contributed by atoms with Crippen molar-refractivity contribution in [2.24, 2.45) is 0 Å². The summed E-state index contributed by atoms with van der Waals surface area (Å²) in [5.41, 5.74) is 0. The van der Waals surface area contributed by atoms with E-state index in [1.54, 1.807) is 0 Å². The van der Waals surface area contributed by atoms with E-state index in [4.69, 9.17) is 0 Å². The Labute approximate surface area is 87.7 Å². The third kappa shape index (κ3) is 6.47. The number of rotatable bonds is 0. The molecular formula is C14H20. The molecule has 0 bridgehead atoms. The molecule has 0 fully saturated rings. The molecule has 0 unspecified atom stereocenters. The summed E-state index contributed by atoms with van der Waals surface area (Å²) in [6, 6.07) is 0. The van der Waals surface area contributed by atoms with Crippen molar-refractivity contribution in [3.05, 3.63) is 48.6 Å². The van der Waals surface area contributed by atoms with Crippen molar-refractivity contribution in [1.82, 2.24) is 0 Å². The van der Waals surface area contributed by atoms with Crippen LogP contribution in [-0.2, 0) is 0 Å². The van der Waals surface area contributed by atoms with Crippen LogP contribution < -0.4 is 0 Å². The van der Waals surface area contributed by atoms with Gasteiger partial charge in [0.1, 0.15) is 0 Å². The van der Waals surface area contributed by atoms with Crippen molar-refractivity contribution in [2.45, 2.75) is 38.5 Å². The smallest absolute Gasteiger partial charge is 0.0169 e. The van der Waals surface area contributed by atoms with Gasteiger partial charge in [-0.05, 0) is 38.5 Å². The highest BCUT2D eigenvalue weighted by molar-refractivity contribution is 4.99. The lowest BCUT2D eigenvalue weighted by Gasteiger charge is -1.90. The summed E-state index contributed by atoms with van der Waals surface area (Å²) in [6.07, 6.45) is 25.0. The maximum atomic E-state index is 2.29. The Morgan fingerprint density at radius 3 is 1.07 bits per heavy atom. The zero-order valence-electron chi connectivity index (χ0n) is 8.86. The molecule has 0 aromatic carbocycles. The largest absolute Gasteiger partial charge is 0.0882 e. The van der Waals surface area contributed by atoms with Crippen LogP contribution in [0.2, 0.25) is 0 Å². The summed E-state index contributed by atoms with van der Waals surface area (Å²) in [7, 11) is 0. The Bertz CT molecular complexity index is 204. The molecule has 0 nitrogen and oxygen atoms in total. The first-order valence-corrected chi connectivity index (χ1v) is 5.60.